The van der Waals surface area contributed by atoms with Gasteiger partial charge in [-0.05, 0) is 18.6 Å². The molecule has 0 aliphatic heterocycles. The van der Waals surface area contributed by atoms with Crippen LogP contribution in [0.3, 0.4) is 0 Å². The Balaban J connectivity index is 0.00000256. The fourth-order valence-electron chi connectivity index (χ4n) is 1.02. The van der Waals surface area contributed by atoms with Crippen LogP contribution in [0.4, 0.5) is 8.78 Å². The SMILES string of the molecule is CCOC(=O)C(F)(F)c1ccc(CBr)cn1.Cl. The maximum absolute atomic E-state index is 13.4. The van der Waals surface area contributed by atoms with Crippen molar-refractivity contribution in [1.82, 2.24) is 4.98 Å². The summed E-state index contributed by atoms with van der Waals surface area (Å²) in [6, 6.07) is 2.59. The van der Waals surface area contributed by atoms with Crippen LogP contribution in [-0.4, -0.2) is 17.6 Å². The van der Waals surface area contributed by atoms with Crippen molar-refractivity contribution in [3.8, 4) is 0 Å². The number of pyridine rings is 1. The molecule has 96 valence electrons. The lowest BCUT2D eigenvalue weighted by molar-refractivity contribution is -0.173. The fourth-order valence-corrected chi connectivity index (χ4v) is 1.35. The molecule has 1 rings (SSSR count). The van der Waals surface area contributed by atoms with Gasteiger partial charge < -0.3 is 4.74 Å². The predicted molar refractivity (Wildman–Crippen MR) is 64.6 cm³/mol. The molecular weight excluding hydrogens is 319 g/mol. The van der Waals surface area contributed by atoms with Gasteiger partial charge in [-0.1, -0.05) is 22.0 Å². The molecule has 0 aromatic carbocycles. The van der Waals surface area contributed by atoms with Crippen LogP contribution in [-0.2, 0) is 20.8 Å². The van der Waals surface area contributed by atoms with Crippen molar-refractivity contribution in [3.05, 3.63) is 29.6 Å². The van der Waals surface area contributed by atoms with Gasteiger partial charge in [-0.3, -0.25) is 4.98 Å². The van der Waals surface area contributed by atoms with E-state index >= 15 is 0 Å². The van der Waals surface area contributed by atoms with Crippen molar-refractivity contribution in [2.45, 2.75) is 18.2 Å². The summed E-state index contributed by atoms with van der Waals surface area (Å²) in [6.45, 7) is 1.38. The minimum atomic E-state index is -3.69. The summed E-state index contributed by atoms with van der Waals surface area (Å²) in [5.74, 6) is -5.27. The van der Waals surface area contributed by atoms with Gasteiger partial charge in [0.25, 0.3) is 0 Å². The zero-order valence-corrected chi connectivity index (χ0v) is 11.4. The molecule has 0 unspecified atom stereocenters. The molecule has 0 spiro atoms. The standard InChI is InChI=1S/C10H10BrF2NO2.ClH/c1-2-16-9(15)10(12,13)8-4-3-7(5-11)6-14-8;/h3-4,6H,2,5H2,1H3;1H. The van der Waals surface area contributed by atoms with Crippen LogP contribution >= 0.6 is 28.3 Å². The molecule has 0 radical (unpaired) electrons. The lowest BCUT2D eigenvalue weighted by atomic mass is 10.2. The van der Waals surface area contributed by atoms with Crippen LogP contribution in [0.2, 0.25) is 0 Å². The molecule has 0 bridgehead atoms. The normalized spacial score (nSPS) is 10.6. The third kappa shape index (κ3) is 3.89. The van der Waals surface area contributed by atoms with Gasteiger partial charge in [0.2, 0.25) is 0 Å². The van der Waals surface area contributed by atoms with Gasteiger partial charge in [0, 0.05) is 11.5 Å². The first-order chi connectivity index (χ1) is 7.52. The van der Waals surface area contributed by atoms with E-state index in [9.17, 15) is 13.6 Å². The number of carbonyl (C=O) groups excluding carboxylic acids is 1. The number of alkyl halides is 3. The fraction of sp³-hybridized carbons (Fsp3) is 0.400. The third-order valence-electron chi connectivity index (χ3n) is 1.83. The van der Waals surface area contributed by atoms with Gasteiger partial charge in [0.15, 0.2) is 0 Å². The second-order valence-corrected chi connectivity index (χ2v) is 3.54. The molecule has 0 aliphatic carbocycles. The minimum Gasteiger partial charge on any atom is -0.461 e. The van der Waals surface area contributed by atoms with E-state index in [0.717, 1.165) is 11.6 Å². The minimum absolute atomic E-state index is 0. The van der Waals surface area contributed by atoms with Crippen LogP contribution in [0.1, 0.15) is 18.2 Å². The van der Waals surface area contributed by atoms with Gasteiger partial charge in [0.1, 0.15) is 5.69 Å². The Hall–Kier alpha value is -0.750. The number of esters is 1. The van der Waals surface area contributed by atoms with Crippen molar-refractivity contribution in [2.75, 3.05) is 6.61 Å². The molecule has 0 saturated carbocycles. The molecule has 1 aromatic heterocycles. The highest BCUT2D eigenvalue weighted by atomic mass is 79.9. The van der Waals surface area contributed by atoms with Gasteiger partial charge in [-0.25, -0.2) is 4.79 Å². The molecular formula is C10H11BrClF2NO2. The number of hydrogen-bond donors (Lipinski definition) is 0. The quantitative estimate of drug-likeness (QED) is 0.629. The average molecular weight is 331 g/mol. The molecule has 0 fully saturated rings. The van der Waals surface area contributed by atoms with E-state index in [4.69, 9.17) is 0 Å². The summed E-state index contributed by atoms with van der Waals surface area (Å²) < 4.78 is 31.1. The van der Waals surface area contributed by atoms with E-state index in [2.05, 4.69) is 25.7 Å². The molecule has 3 nitrogen and oxygen atoms in total. The van der Waals surface area contributed by atoms with Crippen molar-refractivity contribution in [3.63, 3.8) is 0 Å². The summed E-state index contributed by atoms with van der Waals surface area (Å²) in [7, 11) is 0. The van der Waals surface area contributed by atoms with Crippen molar-refractivity contribution >= 4 is 34.3 Å². The van der Waals surface area contributed by atoms with Crippen LogP contribution in [0, 0.1) is 0 Å². The third-order valence-corrected chi connectivity index (χ3v) is 2.48. The van der Waals surface area contributed by atoms with E-state index in [1.807, 2.05) is 0 Å². The van der Waals surface area contributed by atoms with Crippen LogP contribution in [0.5, 0.6) is 0 Å². The highest BCUT2D eigenvalue weighted by Crippen LogP contribution is 2.27. The maximum Gasteiger partial charge on any atom is 0.384 e. The van der Waals surface area contributed by atoms with Crippen LogP contribution in [0.25, 0.3) is 0 Å². The lowest BCUT2D eigenvalue weighted by Gasteiger charge is -2.13. The zero-order valence-electron chi connectivity index (χ0n) is 8.95. The Bertz CT molecular complexity index is 373. The topological polar surface area (TPSA) is 39.2 Å². The highest BCUT2D eigenvalue weighted by Gasteiger charge is 2.44. The summed E-state index contributed by atoms with van der Waals surface area (Å²) in [4.78, 5) is 14.5. The van der Waals surface area contributed by atoms with E-state index < -0.39 is 17.6 Å². The second-order valence-electron chi connectivity index (χ2n) is 2.98. The smallest absolute Gasteiger partial charge is 0.384 e. The molecule has 17 heavy (non-hydrogen) atoms. The van der Waals surface area contributed by atoms with Gasteiger partial charge in [-0.15, -0.1) is 12.4 Å². The lowest BCUT2D eigenvalue weighted by Crippen LogP contribution is -2.29. The summed E-state index contributed by atoms with van der Waals surface area (Å²) in [5, 5.41) is 0.519. The molecule has 0 aliphatic rings. The molecule has 1 aromatic rings. The number of hydrogen-bond acceptors (Lipinski definition) is 3. The second kappa shape index (κ2) is 6.86. The largest absolute Gasteiger partial charge is 0.461 e. The van der Waals surface area contributed by atoms with Gasteiger partial charge in [0.05, 0.1) is 6.61 Å². The molecule has 0 amide bonds. The van der Waals surface area contributed by atoms with E-state index in [0.29, 0.717) is 5.33 Å². The summed E-state index contributed by atoms with van der Waals surface area (Å²) in [5.41, 5.74) is 0.152. The predicted octanol–water partition coefficient (Wildman–Crippen LogP) is 3.05. The molecule has 1 heterocycles. The Morgan fingerprint density at radius 1 is 1.53 bits per heavy atom. The highest BCUT2D eigenvalue weighted by molar-refractivity contribution is 9.08. The Morgan fingerprint density at radius 2 is 2.18 bits per heavy atom. The van der Waals surface area contributed by atoms with Crippen molar-refractivity contribution < 1.29 is 18.3 Å². The Kier molecular flexibility index (Phi) is 6.56. The first-order valence-electron chi connectivity index (χ1n) is 4.58. The number of carbonyl (C=O) groups is 1. The van der Waals surface area contributed by atoms with Crippen LogP contribution < -0.4 is 0 Å². The molecule has 0 N–H and O–H groups in total. The number of aromatic nitrogens is 1. The number of nitrogens with zero attached hydrogens (tertiary/aromatic N) is 1. The first-order valence-corrected chi connectivity index (χ1v) is 5.71. The van der Waals surface area contributed by atoms with Gasteiger partial charge in [-0.2, -0.15) is 8.78 Å². The number of halogens is 4. The van der Waals surface area contributed by atoms with Crippen molar-refractivity contribution in [2.24, 2.45) is 0 Å². The summed E-state index contributed by atoms with van der Waals surface area (Å²) in [6.07, 6.45) is 1.29. The molecule has 0 saturated heterocycles. The van der Waals surface area contributed by atoms with E-state index in [1.54, 1.807) is 0 Å². The van der Waals surface area contributed by atoms with E-state index in [-0.39, 0.29) is 19.0 Å². The zero-order chi connectivity index (χ0) is 12.2. The maximum atomic E-state index is 13.4. The number of rotatable bonds is 4. The first kappa shape index (κ1) is 16.2. The molecule has 7 heteroatoms. The summed E-state index contributed by atoms with van der Waals surface area (Å²) >= 11 is 3.17. The number of ether oxygens (including phenoxy) is 1. The van der Waals surface area contributed by atoms with Gasteiger partial charge >= 0.3 is 11.9 Å². The average Bonchev–Trinajstić information content (AvgIpc) is 2.29. The monoisotopic (exact) mass is 329 g/mol. The van der Waals surface area contributed by atoms with Crippen LogP contribution in [0.15, 0.2) is 18.3 Å². The van der Waals surface area contributed by atoms with E-state index in [1.165, 1.54) is 19.2 Å². The van der Waals surface area contributed by atoms with Crippen molar-refractivity contribution in [1.29, 1.82) is 0 Å². The molecule has 0 atom stereocenters. The Morgan fingerprint density at radius 3 is 2.59 bits per heavy atom. The Labute approximate surface area is 112 Å².